The summed E-state index contributed by atoms with van der Waals surface area (Å²) in [7, 11) is 1.20. The molecule has 0 heterocycles. The van der Waals surface area contributed by atoms with Gasteiger partial charge in [0.05, 0.1) is 7.11 Å². The average Bonchev–Trinajstić information content (AvgIpc) is 2.16. The van der Waals surface area contributed by atoms with Crippen LogP contribution in [0.25, 0.3) is 0 Å². The van der Waals surface area contributed by atoms with E-state index in [2.05, 4.69) is 20.7 Å². The molecule has 0 fully saturated rings. The van der Waals surface area contributed by atoms with Gasteiger partial charge in [-0.05, 0) is 33.6 Å². The summed E-state index contributed by atoms with van der Waals surface area (Å²) < 4.78 is 18.1. The fraction of sp³-hybridized carbons (Fsp3) is 0.222. The highest BCUT2D eigenvalue weighted by Crippen LogP contribution is 2.23. The van der Waals surface area contributed by atoms with Crippen molar-refractivity contribution < 1.29 is 13.9 Å². The molecule has 0 radical (unpaired) electrons. The summed E-state index contributed by atoms with van der Waals surface area (Å²) in [5.41, 5.74) is 0.491. The van der Waals surface area contributed by atoms with Crippen molar-refractivity contribution in [3.8, 4) is 0 Å². The molecule has 0 bridgehead atoms. The van der Waals surface area contributed by atoms with E-state index in [-0.39, 0.29) is 11.4 Å². The smallest absolute Gasteiger partial charge is 0.342 e. The number of carbonyl (C=O) groups excluding carboxylic acids is 1. The Morgan fingerprint density at radius 2 is 2.29 bits per heavy atom. The first-order valence-corrected chi connectivity index (χ1v) is 5.05. The van der Waals surface area contributed by atoms with E-state index >= 15 is 0 Å². The molecular formula is C9H7BrClFO2. The van der Waals surface area contributed by atoms with Crippen LogP contribution in [0.5, 0.6) is 0 Å². The van der Waals surface area contributed by atoms with Crippen LogP contribution < -0.4 is 0 Å². The minimum absolute atomic E-state index is 0.110. The van der Waals surface area contributed by atoms with Gasteiger partial charge in [-0.3, -0.25) is 0 Å². The first-order valence-electron chi connectivity index (χ1n) is 3.72. The Kier molecular flexibility index (Phi) is 3.89. The highest BCUT2D eigenvalue weighted by atomic mass is 79.9. The molecule has 0 N–H and O–H groups in total. The first-order chi connectivity index (χ1) is 6.60. The van der Waals surface area contributed by atoms with Crippen LogP contribution in [0.1, 0.15) is 15.9 Å². The maximum atomic E-state index is 13.3. The van der Waals surface area contributed by atoms with Crippen LogP contribution in [-0.2, 0) is 10.6 Å². The fourth-order valence-corrected chi connectivity index (χ4v) is 1.80. The zero-order valence-electron chi connectivity index (χ0n) is 7.31. The number of hydrogen-bond acceptors (Lipinski definition) is 2. The molecule has 0 aromatic heterocycles. The first kappa shape index (κ1) is 11.5. The van der Waals surface area contributed by atoms with Gasteiger partial charge in [-0.25, -0.2) is 9.18 Å². The summed E-state index contributed by atoms with van der Waals surface area (Å²) in [6.07, 6.45) is 0. The quantitative estimate of drug-likeness (QED) is 0.615. The molecule has 0 unspecified atom stereocenters. The highest BCUT2D eigenvalue weighted by molar-refractivity contribution is 9.10. The third-order valence-electron chi connectivity index (χ3n) is 1.65. The van der Waals surface area contributed by atoms with Gasteiger partial charge >= 0.3 is 5.97 Å². The lowest BCUT2D eigenvalue weighted by Gasteiger charge is -2.05. The molecule has 0 atom stereocenters. The predicted octanol–water partition coefficient (Wildman–Crippen LogP) is 3.11. The SMILES string of the molecule is COC(=O)c1c(F)cc(CCl)cc1Br. The van der Waals surface area contributed by atoms with Crippen molar-refractivity contribution >= 4 is 33.5 Å². The lowest BCUT2D eigenvalue weighted by atomic mass is 10.1. The second kappa shape index (κ2) is 4.75. The Balaban J connectivity index is 3.25. The van der Waals surface area contributed by atoms with Crippen LogP contribution >= 0.6 is 27.5 Å². The third kappa shape index (κ3) is 2.25. The normalized spacial score (nSPS) is 10.0. The molecule has 0 amide bonds. The summed E-state index contributed by atoms with van der Waals surface area (Å²) >= 11 is 8.61. The van der Waals surface area contributed by atoms with Gasteiger partial charge in [0.1, 0.15) is 11.4 Å². The van der Waals surface area contributed by atoms with Gasteiger partial charge in [0.2, 0.25) is 0 Å². The minimum atomic E-state index is -0.713. The molecule has 1 aromatic rings. The second-order valence-electron chi connectivity index (χ2n) is 2.56. The molecule has 0 spiro atoms. The lowest BCUT2D eigenvalue weighted by Crippen LogP contribution is -2.06. The Labute approximate surface area is 94.1 Å². The fourth-order valence-electron chi connectivity index (χ4n) is 1.000. The molecule has 0 aliphatic carbocycles. The number of rotatable bonds is 2. The van der Waals surface area contributed by atoms with Gasteiger partial charge in [0, 0.05) is 10.4 Å². The molecule has 0 aliphatic rings. The summed E-state index contributed by atoms with van der Waals surface area (Å²) in [5.74, 6) is -1.16. The number of carbonyl (C=O) groups is 1. The van der Waals surface area contributed by atoms with Gasteiger partial charge in [-0.15, -0.1) is 11.6 Å². The largest absolute Gasteiger partial charge is 0.465 e. The van der Waals surface area contributed by atoms with Crippen LogP contribution in [0.15, 0.2) is 16.6 Å². The molecule has 1 rings (SSSR count). The summed E-state index contributed by atoms with van der Waals surface area (Å²) in [5, 5.41) is 0. The van der Waals surface area contributed by atoms with E-state index in [9.17, 15) is 9.18 Å². The van der Waals surface area contributed by atoms with E-state index in [1.165, 1.54) is 13.2 Å². The van der Waals surface area contributed by atoms with Crippen LogP contribution in [0.4, 0.5) is 4.39 Å². The number of ether oxygens (including phenoxy) is 1. The van der Waals surface area contributed by atoms with Crippen molar-refractivity contribution in [1.29, 1.82) is 0 Å². The van der Waals surface area contributed by atoms with Gasteiger partial charge in [-0.1, -0.05) is 0 Å². The predicted molar refractivity (Wildman–Crippen MR) is 55.0 cm³/mol. The maximum Gasteiger partial charge on any atom is 0.342 e. The second-order valence-corrected chi connectivity index (χ2v) is 3.68. The lowest BCUT2D eigenvalue weighted by molar-refractivity contribution is 0.0594. The monoisotopic (exact) mass is 280 g/mol. The van der Waals surface area contributed by atoms with Gasteiger partial charge < -0.3 is 4.74 Å². The van der Waals surface area contributed by atoms with Crippen LogP contribution in [0.2, 0.25) is 0 Å². The summed E-state index contributed by atoms with van der Waals surface area (Å²) in [4.78, 5) is 11.1. The van der Waals surface area contributed by atoms with E-state index in [1.54, 1.807) is 6.07 Å². The van der Waals surface area contributed by atoms with Crippen LogP contribution in [-0.4, -0.2) is 13.1 Å². The molecule has 0 aliphatic heterocycles. The van der Waals surface area contributed by atoms with E-state index in [4.69, 9.17) is 11.6 Å². The Bertz CT molecular complexity index is 345. The number of hydrogen-bond donors (Lipinski definition) is 0. The summed E-state index contributed by atoms with van der Waals surface area (Å²) in [6, 6.07) is 2.80. The molecule has 1 aromatic carbocycles. The zero-order valence-corrected chi connectivity index (χ0v) is 9.65. The van der Waals surface area contributed by atoms with Crippen molar-refractivity contribution in [3.05, 3.63) is 33.5 Å². The van der Waals surface area contributed by atoms with Crippen molar-refractivity contribution in [3.63, 3.8) is 0 Å². The van der Waals surface area contributed by atoms with Gasteiger partial charge in [0.15, 0.2) is 0 Å². The highest BCUT2D eigenvalue weighted by Gasteiger charge is 2.17. The number of benzene rings is 1. The minimum Gasteiger partial charge on any atom is -0.465 e. The molecule has 76 valence electrons. The number of alkyl halides is 1. The Morgan fingerprint density at radius 1 is 1.64 bits per heavy atom. The van der Waals surface area contributed by atoms with Gasteiger partial charge in [-0.2, -0.15) is 0 Å². The average molecular weight is 282 g/mol. The van der Waals surface area contributed by atoms with Crippen molar-refractivity contribution in [2.24, 2.45) is 0 Å². The molecule has 2 nitrogen and oxygen atoms in total. The van der Waals surface area contributed by atoms with E-state index in [0.29, 0.717) is 10.0 Å². The van der Waals surface area contributed by atoms with Crippen LogP contribution in [0, 0.1) is 5.82 Å². The van der Waals surface area contributed by atoms with Crippen molar-refractivity contribution in [1.82, 2.24) is 0 Å². The standard InChI is InChI=1S/C9H7BrClFO2/c1-14-9(13)8-6(10)2-5(4-11)3-7(8)12/h2-3H,4H2,1H3. The zero-order chi connectivity index (χ0) is 10.7. The van der Waals surface area contributed by atoms with E-state index in [0.717, 1.165) is 0 Å². The van der Waals surface area contributed by atoms with Crippen LogP contribution in [0.3, 0.4) is 0 Å². The number of methoxy groups -OCH3 is 1. The molecule has 0 saturated heterocycles. The Hall–Kier alpha value is -0.610. The molecular weight excluding hydrogens is 274 g/mol. The maximum absolute atomic E-state index is 13.3. The van der Waals surface area contributed by atoms with Crippen molar-refractivity contribution in [2.75, 3.05) is 7.11 Å². The Morgan fingerprint density at radius 3 is 2.71 bits per heavy atom. The molecule has 0 saturated carbocycles. The molecule has 5 heteroatoms. The number of halogens is 3. The van der Waals surface area contributed by atoms with Crippen molar-refractivity contribution in [2.45, 2.75) is 5.88 Å². The third-order valence-corrected chi connectivity index (χ3v) is 2.58. The summed E-state index contributed by atoms with van der Waals surface area (Å²) in [6.45, 7) is 0. The molecule has 14 heavy (non-hydrogen) atoms. The van der Waals surface area contributed by atoms with Gasteiger partial charge in [0.25, 0.3) is 0 Å². The van der Waals surface area contributed by atoms with E-state index < -0.39 is 11.8 Å². The number of esters is 1. The topological polar surface area (TPSA) is 26.3 Å². The van der Waals surface area contributed by atoms with E-state index in [1.807, 2.05) is 0 Å².